The molecule has 6 heteroatoms. The van der Waals surface area contributed by atoms with E-state index < -0.39 is 0 Å². The molecule has 3 aromatic rings. The summed E-state index contributed by atoms with van der Waals surface area (Å²) in [7, 11) is 0. The summed E-state index contributed by atoms with van der Waals surface area (Å²) in [5.74, 6) is 0. The molecule has 3 heterocycles. The van der Waals surface area contributed by atoms with Gasteiger partial charge in [-0.1, -0.05) is 49.8 Å². The summed E-state index contributed by atoms with van der Waals surface area (Å²) in [4.78, 5) is 13.6. The van der Waals surface area contributed by atoms with E-state index in [1.165, 1.54) is 30.3 Å². The molecule has 0 bridgehead atoms. The lowest BCUT2D eigenvalue weighted by molar-refractivity contribution is -0.384. The molecule has 1 atom stereocenters. The molecule has 0 radical (unpaired) electrons. The molecule has 1 saturated heterocycles. The summed E-state index contributed by atoms with van der Waals surface area (Å²) in [6.07, 6.45) is 11.0. The fourth-order valence-corrected chi connectivity index (χ4v) is 5.17. The van der Waals surface area contributed by atoms with Crippen LogP contribution in [-0.4, -0.2) is 38.7 Å². The van der Waals surface area contributed by atoms with Crippen molar-refractivity contribution in [3.05, 3.63) is 76.0 Å². The molecule has 1 aromatic heterocycles. The number of allylic oxidation sites excluding steroid dienone is 1. The molecule has 170 valence electrons. The summed E-state index contributed by atoms with van der Waals surface area (Å²) in [5, 5.41) is 17.6. The Morgan fingerprint density at radius 1 is 1.24 bits per heavy atom. The van der Waals surface area contributed by atoms with Gasteiger partial charge in [0, 0.05) is 36.3 Å². The van der Waals surface area contributed by atoms with E-state index in [2.05, 4.69) is 42.3 Å². The Bertz CT molecular complexity index is 1240. The second kappa shape index (κ2) is 9.32. The zero-order valence-electron chi connectivity index (χ0n) is 19.1. The minimum absolute atomic E-state index is 0.120. The van der Waals surface area contributed by atoms with Crippen molar-refractivity contribution >= 4 is 33.9 Å². The maximum atomic E-state index is 11.3. The summed E-state index contributed by atoms with van der Waals surface area (Å²) in [5.41, 5.74) is 5.56. The highest BCUT2D eigenvalue weighted by atomic mass is 16.6. The van der Waals surface area contributed by atoms with Gasteiger partial charge in [-0.3, -0.25) is 15.0 Å². The van der Waals surface area contributed by atoms with E-state index in [0.717, 1.165) is 54.6 Å². The first kappa shape index (κ1) is 21.6. The van der Waals surface area contributed by atoms with Gasteiger partial charge in [-0.15, -0.1) is 0 Å². The number of unbranched alkanes of at least 4 members (excludes halogenated alkanes) is 1. The number of aromatic nitrogens is 2. The Morgan fingerprint density at radius 2 is 2.12 bits per heavy atom. The number of nitro groups is 1. The average molecular weight is 443 g/mol. The highest BCUT2D eigenvalue weighted by Crippen LogP contribution is 2.35. The van der Waals surface area contributed by atoms with Crippen LogP contribution in [0.5, 0.6) is 0 Å². The van der Waals surface area contributed by atoms with Gasteiger partial charge in [0.25, 0.3) is 5.69 Å². The van der Waals surface area contributed by atoms with Crippen molar-refractivity contribution in [3.63, 3.8) is 0 Å². The summed E-state index contributed by atoms with van der Waals surface area (Å²) >= 11 is 0. The van der Waals surface area contributed by atoms with Gasteiger partial charge in [0.2, 0.25) is 0 Å². The standard InChI is InChI=1S/C27H30N4O2/c1-2-3-8-22(20-9-6-10-24(17-20)31(32)33)19-30-26-13-5-4-12-25(26)27(28-30)21-14-16-29-15-7-11-23(29)18-21/h4-6,9-10,12-14,17,19,23H,2-3,7-8,11,15-16,18H2,1H3. The Morgan fingerprint density at radius 3 is 2.97 bits per heavy atom. The molecule has 5 rings (SSSR count). The predicted octanol–water partition coefficient (Wildman–Crippen LogP) is 6.38. The fraction of sp³-hybridized carbons (Fsp3) is 0.370. The lowest BCUT2D eigenvalue weighted by atomic mass is 9.96. The number of nitrogens with zero attached hydrogens (tertiary/aromatic N) is 4. The SMILES string of the molecule is CCCCC(=Cn1nc(C2=CCN3CCCC3C2)c2ccccc21)c1cccc([N+](=O)[O-])c1. The maximum absolute atomic E-state index is 11.3. The van der Waals surface area contributed by atoms with Crippen molar-refractivity contribution in [2.45, 2.75) is 51.5 Å². The largest absolute Gasteiger partial charge is 0.296 e. The van der Waals surface area contributed by atoms with Gasteiger partial charge in [-0.05, 0) is 61.4 Å². The van der Waals surface area contributed by atoms with E-state index >= 15 is 0 Å². The third kappa shape index (κ3) is 4.35. The second-order valence-corrected chi connectivity index (χ2v) is 9.10. The van der Waals surface area contributed by atoms with Gasteiger partial charge in [-0.2, -0.15) is 5.10 Å². The molecule has 2 aliphatic rings. The van der Waals surface area contributed by atoms with Crippen molar-refractivity contribution in [1.82, 2.24) is 14.7 Å². The normalized spacial score (nSPS) is 19.0. The molecular weight excluding hydrogens is 412 g/mol. The van der Waals surface area contributed by atoms with Gasteiger partial charge in [0.1, 0.15) is 0 Å². The van der Waals surface area contributed by atoms with Crippen molar-refractivity contribution in [2.75, 3.05) is 13.1 Å². The van der Waals surface area contributed by atoms with Crippen LogP contribution in [0.3, 0.4) is 0 Å². The summed E-state index contributed by atoms with van der Waals surface area (Å²) in [6, 6.07) is 16.0. The lowest BCUT2D eigenvalue weighted by Crippen LogP contribution is -2.32. The van der Waals surface area contributed by atoms with Crippen LogP contribution in [0.1, 0.15) is 56.7 Å². The second-order valence-electron chi connectivity index (χ2n) is 9.10. The number of nitro benzene ring substituents is 1. The average Bonchev–Trinajstić information content (AvgIpc) is 3.46. The van der Waals surface area contributed by atoms with Crippen LogP contribution in [0.4, 0.5) is 5.69 Å². The number of para-hydroxylation sites is 1. The van der Waals surface area contributed by atoms with E-state index in [-0.39, 0.29) is 10.6 Å². The van der Waals surface area contributed by atoms with Crippen LogP contribution in [0.15, 0.2) is 54.6 Å². The Labute approximate surface area is 194 Å². The number of fused-ring (bicyclic) bond motifs is 2. The van der Waals surface area contributed by atoms with Crippen molar-refractivity contribution < 1.29 is 4.92 Å². The third-order valence-corrected chi connectivity index (χ3v) is 6.95. The Hall–Kier alpha value is -3.25. The molecule has 0 spiro atoms. The number of hydrogen-bond acceptors (Lipinski definition) is 4. The molecule has 1 unspecified atom stereocenters. The van der Waals surface area contributed by atoms with Crippen molar-refractivity contribution in [1.29, 1.82) is 0 Å². The minimum atomic E-state index is -0.329. The Kier molecular flexibility index (Phi) is 6.09. The van der Waals surface area contributed by atoms with Gasteiger partial charge in [-0.25, -0.2) is 4.68 Å². The molecular formula is C27H30N4O2. The van der Waals surface area contributed by atoms with Crippen LogP contribution in [0.25, 0.3) is 28.2 Å². The van der Waals surface area contributed by atoms with E-state index in [0.29, 0.717) is 6.04 Å². The topological polar surface area (TPSA) is 64.2 Å². The molecule has 0 aliphatic carbocycles. The van der Waals surface area contributed by atoms with Crippen molar-refractivity contribution in [2.24, 2.45) is 0 Å². The Balaban J connectivity index is 1.58. The molecule has 1 fully saturated rings. The molecule has 2 aromatic carbocycles. The molecule has 0 amide bonds. The first-order valence-electron chi connectivity index (χ1n) is 12.0. The van der Waals surface area contributed by atoms with Crippen LogP contribution in [-0.2, 0) is 0 Å². The zero-order valence-corrected chi connectivity index (χ0v) is 19.1. The highest BCUT2D eigenvalue weighted by molar-refractivity contribution is 5.93. The summed E-state index contributed by atoms with van der Waals surface area (Å²) < 4.78 is 1.98. The highest BCUT2D eigenvalue weighted by Gasteiger charge is 2.29. The van der Waals surface area contributed by atoms with Crippen LogP contribution < -0.4 is 0 Å². The fourth-order valence-electron chi connectivity index (χ4n) is 5.17. The van der Waals surface area contributed by atoms with Gasteiger partial charge in [0.05, 0.1) is 16.1 Å². The molecule has 6 nitrogen and oxygen atoms in total. The molecule has 2 aliphatic heterocycles. The van der Waals surface area contributed by atoms with E-state index in [1.807, 2.05) is 16.8 Å². The lowest BCUT2D eigenvalue weighted by Gasteiger charge is -2.28. The van der Waals surface area contributed by atoms with E-state index in [9.17, 15) is 10.1 Å². The monoisotopic (exact) mass is 442 g/mol. The van der Waals surface area contributed by atoms with Crippen LogP contribution >= 0.6 is 0 Å². The van der Waals surface area contributed by atoms with Crippen LogP contribution in [0.2, 0.25) is 0 Å². The van der Waals surface area contributed by atoms with Gasteiger partial charge >= 0.3 is 0 Å². The number of rotatable bonds is 7. The quantitative estimate of drug-likeness (QED) is 0.314. The van der Waals surface area contributed by atoms with Gasteiger partial charge in [0.15, 0.2) is 0 Å². The number of benzene rings is 2. The first-order chi connectivity index (χ1) is 16.1. The smallest absolute Gasteiger partial charge is 0.270 e. The first-order valence-corrected chi connectivity index (χ1v) is 12.0. The summed E-state index contributed by atoms with van der Waals surface area (Å²) in [6.45, 7) is 4.37. The third-order valence-electron chi connectivity index (χ3n) is 6.95. The van der Waals surface area contributed by atoms with Crippen LogP contribution in [0, 0.1) is 10.1 Å². The number of hydrogen-bond donors (Lipinski definition) is 0. The number of non-ortho nitro benzene ring substituents is 1. The van der Waals surface area contributed by atoms with E-state index in [4.69, 9.17) is 5.10 Å². The zero-order chi connectivity index (χ0) is 22.8. The van der Waals surface area contributed by atoms with Crippen molar-refractivity contribution in [3.8, 4) is 0 Å². The molecule has 0 N–H and O–H groups in total. The van der Waals surface area contributed by atoms with E-state index in [1.54, 1.807) is 18.2 Å². The van der Waals surface area contributed by atoms with Gasteiger partial charge < -0.3 is 0 Å². The molecule has 0 saturated carbocycles. The molecule has 33 heavy (non-hydrogen) atoms. The minimum Gasteiger partial charge on any atom is -0.296 e. The maximum Gasteiger partial charge on any atom is 0.270 e. The predicted molar refractivity (Wildman–Crippen MR) is 134 cm³/mol.